The monoisotopic (exact) mass is 405 g/mol. The minimum absolute atomic E-state index is 0.0698. The van der Waals surface area contributed by atoms with Crippen molar-refractivity contribution in [2.45, 2.75) is 38.3 Å². The Morgan fingerprint density at radius 3 is 2.71 bits per heavy atom. The normalized spacial score (nSPS) is 14.5. The molecule has 0 aliphatic heterocycles. The average Bonchev–Trinajstić information content (AvgIpc) is 2.82. The van der Waals surface area contributed by atoms with Crippen molar-refractivity contribution in [2.24, 2.45) is 0 Å². The topological polar surface area (TPSA) is 68.0 Å². The minimum atomic E-state index is -4.47. The molecule has 0 saturated heterocycles. The van der Waals surface area contributed by atoms with Gasteiger partial charge in [-0.1, -0.05) is 12.5 Å². The number of halogens is 3. The number of fused-ring (bicyclic) bond motifs is 2. The number of amides is 1. The van der Waals surface area contributed by atoms with Gasteiger partial charge in [0.1, 0.15) is 9.71 Å². The van der Waals surface area contributed by atoms with Gasteiger partial charge in [-0.15, -0.1) is 11.3 Å². The highest BCUT2D eigenvalue weighted by atomic mass is 32.1. The van der Waals surface area contributed by atoms with Gasteiger partial charge in [-0.05, 0) is 55.5 Å². The van der Waals surface area contributed by atoms with Crippen LogP contribution in [-0.2, 0) is 19.0 Å². The lowest BCUT2D eigenvalue weighted by atomic mass is 10.1. The van der Waals surface area contributed by atoms with E-state index in [4.69, 9.17) is 10.7 Å². The summed E-state index contributed by atoms with van der Waals surface area (Å²) in [6.07, 6.45) is 0.750. The lowest BCUT2D eigenvalue weighted by molar-refractivity contribution is -0.137. The SMILES string of the molecule is Nc1c(C(=O)Nc2cccc(C(F)(F)F)c2)sc2nc3c(cc12)CCCCC3. The lowest BCUT2D eigenvalue weighted by Crippen LogP contribution is -2.13. The van der Waals surface area contributed by atoms with E-state index in [1.807, 2.05) is 6.07 Å². The maximum absolute atomic E-state index is 12.9. The first-order chi connectivity index (χ1) is 13.3. The lowest BCUT2D eigenvalue weighted by Gasteiger charge is -2.09. The van der Waals surface area contributed by atoms with Crippen molar-refractivity contribution in [3.8, 4) is 0 Å². The number of carbonyl (C=O) groups is 1. The molecule has 1 amide bonds. The van der Waals surface area contributed by atoms with Crippen LogP contribution in [0.4, 0.5) is 24.5 Å². The number of aromatic nitrogens is 1. The van der Waals surface area contributed by atoms with Crippen LogP contribution in [0.25, 0.3) is 10.2 Å². The second kappa shape index (κ2) is 7.09. The number of nitrogens with one attached hydrogen (secondary N) is 1. The van der Waals surface area contributed by atoms with E-state index in [0.29, 0.717) is 10.5 Å². The Hall–Kier alpha value is -2.61. The molecule has 28 heavy (non-hydrogen) atoms. The Balaban J connectivity index is 1.65. The number of nitrogens with zero attached hydrogens (tertiary/aromatic N) is 1. The Kier molecular flexibility index (Phi) is 4.74. The standard InChI is InChI=1S/C20H18F3N3OS/c21-20(22,23)12-6-4-7-13(10-12)25-18(27)17-16(24)14-9-11-5-2-1-3-8-15(11)26-19(14)28-17/h4,6-7,9-10H,1-3,5,8,24H2,(H,25,27). The summed E-state index contributed by atoms with van der Waals surface area (Å²) in [5.74, 6) is -0.532. The van der Waals surface area contributed by atoms with E-state index in [1.54, 1.807) is 0 Å². The van der Waals surface area contributed by atoms with Gasteiger partial charge in [0.2, 0.25) is 0 Å². The summed E-state index contributed by atoms with van der Waals surface area (Å²) in [6.45, 7) is 0. The Labute approximate surface area is 163 Å². The maximum Gasteiger partial charge on any atom is 0.416 e. The number of nitrogens with two attached hydrogens (primary N) is 1. The van der Waals surface area contributed by atoms with Crippen LogP contribution in [0, 0.1) is 0 Å². The summed E-state index contributed by atoms with van der Waals surface area (Å²) in [6, 6.07) is 6.54. The molecule has 0 fully saturated rings. The number of carbonyl (C=O) groups excluding carboxylic acids is 1. The number of hydrogen-bond donors (Lipinski definition) is 2. The predicted molar refractivity (Wildman–Crippen MR) is 105 cm³/mol. The third-order valence-corrected chi connectivity index (χ3v) is 6.02. The fraction of sp³-hybridized carbons (Fsp3) is 0.300. The molecule has 1 aliphatic carbocycles. The number of anilines is 2. The number of pyridine rings is 1. The van der Waals surface area contributed by atoms with E-state index in [0.717, 1.165) is 48.9 Å². The molecule has 4 nitrogen and oxygen atoms in total. The molecule has 8 heteroatoms. The summed E-state index contributed by atoms with van der Waals surface area (Å²) in [4.78, 5) is 18.3. The van der Waals surface area contributed by atoms with Gasteiger partial charge in [-0.3, -0.25) is 4.79 Å². The first-order valence-corrected chi connectivity index (χ1v) is 9.84. The summed E-state index contributed by atoms with van der Waals surface area (Å²) >= 11 is 1.17. The van der Waals surface area contributed by atoms with Crippen LogP contribution in [0.3, 0.4) is 0 Å². The van der Waals surface area contributed by atoms with E-state index in [2.05, 4.69) is 5.32 Å². The van der Waals surface area contributed by atoms with Crippen LogP contribution in [0.5, 0.6) is 0 Å². The second-order valence-corrected chi connectivity index (χ2v) is 7.88. The smallest absolute Gasteiger partial charge is 0.397 e. The van der Waals surface area contributed by atoms with Gasteiger partial charge in [0.25, 0.3) is 5.91 Å². The number of aryl methyl sites for hydroxylation is 2. The Bertz CT molecular complexity index is 1060. The molecule has 0 bridgehead atoms. The summed E-state index contributed by atoms with van der Waals surface area (Å²) in [7, 11) is 0. The summed E-state index contributed by atoms with van der Waals surface area (Å²) in [5.41, 5.74) is 7.99. The quantitative estimate of drug-likeness (QED) is 0.560. The molecule has 3 aromatic rings. The zero-order valence-corrected chi connectivity index (χ0v) is 15.7. The van der Waals surface area contributed by atoms with Crippen molar-refractivity contribution < 1.29 is 18.0 Å². The van der Waals surface area contributed by atoms with Crippen LogP contribution in [0.1, 0.15) is 45.8 Å². The number of rotatable bonds is 2. The molecule has 1 aliphatic rings. The molecule has 0 unspecified atom stereocenters. The van der Waals surface area contributed by atoms with Gasteiger partial charge in [0.15, 0.2) is 0 Å². The largest absolute Gasteiger partial charge is 0.416 e. The van der Waals surface area contributed by atoms with Crippen molar-refractivity contribution in [1.82, 2.24) is 4.98 Å². The number of thiophene rings is 1. The zero-order chi connectivity index (χ0) is 19.9. The fourth-order valence-electron chi connectivity index (χ4n) is 3.47. The van der Waals surface area contributed by atoms with Gasteiger partial charge in [0, 0.05) is 16.8 Å². The Morgan fingerprint density at radius 1 is 1.14 bits per heavy atom. The number of hydrogen-bond acceptors (Lipinski definition) is 4. The molecule has 1 aromatic carbocycles. The molecule has 0 spiro atoms. The highest BCUT2D eigenvalue weighted by Crippen LogP contribution is 2.36. The van der Waals surface area contributed by atoms with Crippen LogP contribution < -0.4 is 11.1 Å². The van der Waals surface area contributed by atoms with Gasteiger partial charge < -0.3 is 11.1 Å². The van der Waals surface area contributed by atoms with E-state index in [-0.39, 0.29) is 10.6 Å². The van der Waals surface area contributed by atoms with Gasteiger partial charge in [0.05, 0.1) is 11.3 Å². The fourth-order valence-corrected chi connectivity index (χ4v) is 4.46. The Morgan fingerprint density at radius 2 is 1.93 bits per heavy atom. The van der Waals surface area contributed by atoms with Crippen LogP contribution in [0.15, 0.2) is 30.3 Å². The van der Waals surface area contributed by atoms with E-state index in [9.17, 15) is 18.0 Å². The first kappa shape index (κ1) is 18.7. The molecule has 0 saturated carbocycles. The van der Waals surface area contributed by atoms with E-state index >= 15 is 0 Å². The molecule has 146 valence electrons. The predicted octanol–water partition coefficient (Wildman–Crippen LogP) is 5.42. The summed E-state index contributed by atoms with van der Waals surface area (Å²) in [5, 5.41) is 3.25. The van der Waals surface area contributed by atoms with Crippen LogP contribution >= 0.6 is 11.3 Å². The third kappa shape index (κ3) is 3.56. The number of benzene rings is 1. The molecular formula is C20H18F3N3OS. The van der Waals surface area contributed by atoms with Gasteiger partial charge in [-0.25, -0.2) is 4.98 Å². The van der Waals surface area contributed by atoms with Crippen molar-refractivity contribution in [2.75, 3.05) is 11.1 Å². The minimum Gasteiger partial charge on any atom is -0.397 e. The van der Waals surface area contributed by atoms with Crippen molar-refractivity contribution in [3.05, 3.63) is 52.0 Å². The van der Waals surface area contributed by atoms with Crippen LogP contribution in [-0.4, -0.2) is 10.9 Å². The molecule has 0 atom stereocenters. The molecule has 2 aromatic heterocycles. The van der Waals surface area contributed by atoms with Crippen molar-refractivity contribution in [3.63, 3.8) is 0 Å². The zero-order valence-electron chi connectivity index (χ0n) is 14.9. The maximum atomic E-state index is 12.9. The van der Waals surface area contributed by atoms with Crippen molar-refractivity contribution in [1.29, 1.82) is 0 Å². The molecule has 0 radical (unpaired) electrons. The number of nitrogen functional groups attached to an aromatic ring is 1. The first-order valence-electron chi connectivity index (χ1n) is 9.02. The van der Waals surface area contributed by atoms with Gasteiger partial charge in [-0.2, -0.15) is 13.2 Å². The molecular weight excluding hydrogens is 387 g/mol. The van der Waals surface area contributed by atoms with Crippen LogP contribution in [0.2, 0.25) is 0 Å². The molecule has 3 N–H and O–H groups in total. The van der Waals surface area contributed by atoms with Crippen molar-refractivity contribution >= 4 is 38.8 Å². The molecule has 4 rings (SSSR count). The highest BCUT2D eigenvalue weighted by Gasteiger charge is 2.30. The number of alkyl halides is 3. The summed E-state index contributed by atoms with van der Waals surface area (Å²) < 4.78 is 38.6. The highest BCUT2D eigenvalue weighted by molar-refractivity contribution is 7.21. The van der Waals surface area contributed by atoms with E-state index in [1.165, 1.54) is 35.5 Å². The van der Waals surface area contributed by atoms with E-state index < -0.39 is 17.6 Å². The second-order valence-electron chi connectivity index (χ2n) is 6.89. The average molecular weight is 405 g/mol. The van der Waals surface area contributed by atoms with Gasteiger partial charge >= 0.3 is 6.18 Å². The third-order valence-electron chi connectivity index (χ3n) is 4.90. The molecule has 2 heterocycles.